The van der Waals surface area contributed by atoms with E-state index in [4.69, 9.17) is 10.3 Å². The Bertz CT molecular complexity index is 1070. The topological polar surface area (TPSA) is 85.2 Å². The predicted molar refractivity (Wildman–Crippen MR) is 134 cm³/mol. The molecule has 3 rings (SSSR count). The molecule has 1 aromatic heterocycles. The van der Waals surface area contributed by atoms with Crippen LogP contribution in [0, 0.1) is 0 Å². The minimum absolute atomic E-state index is 0.0111. The monoisotopic (exact) mass is 448 g/mol. The Morgan fingerprint density at radius 1 is 0.970 bits per heavy atom. The van der Waals surface area contributed by atoms with Crippen LogP contribution in [0.1, 0.15) is 77.4 Å². The normalized spacial score (nSPS) is 12.1. The van der Waals surface area contributed by atoms with E-state index in [-0.39, 0.29) is 10.8 Å². The van der Waals surface area contributed by atoms with Gasteiger partial charge in [0.05, 0.1) is 0 Å². The molecule has 0 saturated heterocycles. The second-order valence-electron chi connectivity index (χ2n) is 10.6. The van der Waals surface area contributed by atoms with Crippen molar-refractivity contribution in [2.75, 3.05) is 11.4 Å². The van der Waals surface area contributed by atoms with Crippen LogP contribution in [0.25, 0.3) is 11.5 Å². The Balaban J connectivity index is 1.85. The van der Waals surface area contributed by atoms with Crippen molar-refractivity contribution in [3.63, 3.8) is 0 Å². The summed E-state index contributed by atoms with van der Waals surface area (Å²) in [5.41, 5.74) is 10.8. The first-order valence-electron chi connectivity index (χ1n) is 11.5. The zero-order valence-electron chi connectivity index (χ0n) is 20.9. The molecule has 0 aliphatic carbocycles. The van der Waals surface area contributed by atoms with E-state index in [2.05, 4.69) is 69.9 Å². The first-order valence-corrected chi connectivity index (χ1v) is 11.5. The van der Waals surface area contributed by atoms with Crippen molar-refractivity contribution in [1.29, 1.82) is 0 Å². The number of primary amides is 1. The SMILES string of the molecule is CCCN(C(N)=O)c1ccc(Cc2noc(-c3cc(C(C)(C)C)cc(C(C)(C)C)c3)n2)cc1. The van der Waals surface area contributed by atoms with Crippen LogP contribution in [-0.4, -0.2) is 22.7 Å². The molecule has 6 heteroatoms. The molecule has 0 spiro atoms. The molecule has 33 heavy (non-hydrogen) atoms. The lowest BCUT2D eigenvalue weighted by Gasteiger charge is -2.25. The van der Waals surface area contributed by atoms with Crippen molar-refractivity contribution < 1.29 is 9.32 Å². The van der Waals surface area contributed by atoms with Gasteiger partial charge >= 0.3 is 6.03 Å². The van der Waals surface area contributed by atoms with Gasteiger partial charge in [0, 0.05) is 24.2 Å². The van der Waals surface area contributed by atoms with Crippen LogP contribution in [-0.2, 0) is 17.3 Å². The number of carbonyl (C=O) groups excluding carboxylic acids is 1. The van der Waals surface area contributed by atoms with Crippen molar-refractivity contribution in [2.24, 2.45) is 5.73 Å². The van der Waals surface area contributed by atoms with E-state index >= 15 is 0 Å². The van der Waals surface area contributed by atoms with E-state index in [0.29, 0.717) is 24.7 Å². The highest BCUT2D eigenvalue weighted by atomic mass is 16.5. The summed E-state index contributed by atoms with van der Waals surface area (Å²) < 4.78 is 5.65. The number of rotatable bonds is 6. The molecule has 0 fully saturated rings. The number of benzene rings is 2. The Labute approximate surface area is 197 Å². The van der Waals surface area contributed by atoms with Gasteiger partial charge in [-0.1, -0.05) is 71.8 Å². The summed E-state index contributed by atoms with van der Waals surface area (Å²) >= 11 is 0. The van der Waals surface area contributed by atoms with Gasteiger partial charge in [0.2, 0.25) is 0 Å². The number of carbonyl (C=O) groups is 1. The molecule has 3 aromatic rings. The van der Waals surface area contributed by atoms with Gasteiger partial charge < -0.3 is 10.3 Å². The maximum Gasteiger partial charge on any atom is 0.319 e. The molecule has 0 aliphatic rings. The third-order valence-corrected chi connectivity index (χ3v) is 5.70. The molecular weight excluding hydrogens is 412 g/mol. The number of hydrogen-bond acceptors (Lipinski definition) is 4. The third kappa shape index (κ3) is 6.01. The maximum atomic E-state index is 11.7. The number of urea groups is 1. The minimum atomic E-state index is -0.445. The number of hydrogen-bond donors (Lipinski definition) is 1. The molecule has 0 aliphatic heterocycles. The molecule has 2 aromatic carbocycles. The van der Waals surface area contributed by atoms with E-state index in [1.807, 2.05) is 31.2 Å². The summed E-state index contributed by atoms with van der Waals surface area (Å²) in [6.45, 7) is 15.9. The van der Waals surface area contributed by atoms with E-state index in [0.717, 1.165) is 23.2 Å². The maximum absolute atomic E-state index is 11.7. The van der Waals surface area contributed by atoms with Gasteiger partial charge in [-0.25, -0.2) is 4.79 Å². The van der Waals surface area contributed by atoms with Gasteiger partial charge in [0.25, 0.3) is 5.89 Å². The second-order valence-corrected chi connectivity index (χ2v) is 10.6. The van der Waals surface area contributed by atoms with Gasteiger partial charge in [0.15, 0.2) is 5.82 Å². The molecule has 0 radical (unpaired) electrons. The summed E-state index contributed by atoms with van der Waals surface area (Å²) in [6.07, 6.45) is 1.38. The van der Waals surface area contributed by atoms with Crippen molar-refractivity contribution in [1.82, 2.24) is 10.1 Å². The summed E-state index contributed by atoms with van der Waals surface area (Å²) in [7, 11) is 0. The highest BCUT2D eigenvalue weighted by Gasteiger charge is 2.22. The molecule has 0 atom stereocenters. The quantitative estimate of drug-likeness (QED) is 0.485. The molecule has 1 heterocycles. The summed E-state index contributed by atoms with van der Waals surface area (Å²) in [4.78, 5) is 17.9. The molecule has 6 nitrogen and oxygen atoms in total. The number of amides is 2. The van der Waals surface area contributed by atoms with Crippen LogP contribution in [0.5, 0.6) is 0 Å². The Kier molecular flexibility index (Phi) is 6.96. The minimum Gasteiger partial charge on any atom is -0.351 e. The lowest BCUT2D eigenvalue weighted by Crippen LogP contribution is -2.36. The zero-order valence-corrected chi connectivity index (χ0v) is 20.9. The lowest BCUT2D eigenvalue weighted by atomic mass is 9.79. The van der Waals surface area contributed by atoms with Crippen molar-refractivity contribution in [3.05, 3.63) is 65.0 Å². The van der Waals surface area contributed by atoms with Crippen molar-refractivity contribution >= 4 is 11.7 Å². The largest absolute Gasteiger partial charge is 0.351 e. The molecule has 2 amide bonds. The van der Waals surface area contributed by atoms with Gasteiger partial charge in [-0.3, -0.25) is 4.90 Å². The fourth-order valence-electron chi connectivity index (χ4n) is 3.63. The number of nitrogens with two attached hydrogens (primary N) is 1. The van der Waals surface area contributed by atoms with Crippen LogP contribution in [0.4, 0.5) is 10.5 Å². The Morgan fingerprint density at radius 3 is 2.03 bits per heavy atom. The smallest absolute Gasteiger partial charge is 0.319 e. The number of anilines is 1. The van der Waals surface area contributed by atoms with Crippen LogP contribution in [0.2, 0.25) is 0 Å². The predicted octanol–water partition coefficient (Wildman–Crippen LogP) is 6.22. The van der Waals surface area contributed by atoms with Gasteiger partial charge in [-0.15, -0.1) is 0 Å². The summed E-state index contributed by atoms with van der Waals surface area (Å²) in [6, 6.07) is 13.9. The fraction of sp³-hybridized carbons (Fsp3) is 0.444. The van der Waals surface area contributed by atoms with Crippen molar-refractivity contribution in [3.8, 4) is 11.5 Å². The highest BCUT2D eigenvalue weighted by molar-refractivity contribution is 5.90. The van der Waals surface area contributed by atoms with Gasteiger partial charge in [-0.2, -0.15) is 4.98 Å². The Morgan fingerprint density at radius 2 is 1.55 bits per heavy atom. The molecule has 2 N–H and O–H groups in total. The van der Waals surface area contributed by atoms with Crippen LogP contribution in [0.15, 0.2) is 47.0 Å². The van der Waals surface area contributed by atoms with E-state index in [1.165, 1.54) is 11.1 Å². The molecule has 0 unspecified atom stereocenters. The van der Waals surface area contributed by atoms with Gasteiger partial charge in [-0.05, 0) is 58.2 Å². The zero-order chi connectivity index (χ0) is 24.4. The van der Waals surface area contributed by atoms with Crippen molar-refractivity contribution in [2.45, 2.75) is 72.1 Å². The fourth-order valence-corrected chi connectivity index (χ4v) is 3.63. The van der Waals surface area contributed by atoms with Gasteiger partial charge in [0.1, 0.15) is 0 Å². The second kappa shape index (κ2) is 9.38. The number of aromatic nitrogens is 2. The van der Waals surface area contributed by atoms with E-state index in [1.54, 1.807) is 4.90 Å². The van der Waals surface area contributed by atoms with E-state index in [9.17, 15) is 4.79 Å². The summed E-state index contributed by atoms with van der Waals surface area (Å²) in [5, 5.41) is 4.22. The van der Waals surface area contributed by atoms with Crippen LogP contribution < -0.4 is 10.6 Å². The number of nitrogens with zero attached hydrogens (tertiary/aromatic N) is 3. The Hall–Kier alpha value is -3.15. The average Bonchev–Trinajstić information content (AvgIpc) is 3.19. The molecule has 176 valence electrons. The average molecular weight is 449 g/mol. The summed E-state index contributed by atoms with van der Waals surface area (Å²) in [5.74, 6) is 1.15. The molecule has 0 saturated carbocycles. The van der Waals surface area contributed by atoms with E-state index < -0.39 is 6.03 Å². The third-order valence-electron chi connectivity index (χ3n) is 5.70. The van der Waals surface area contributed by atoms with Crippen LogP contribution in [0.3, 0.4) is 0 Å². The van der Waals surface area contributed by atoms with Crippen LogP contribution >= 0.6 is 0 Å². The first-order chi connectivity index (χ1) is 15.4. The highest BCUT2D eigenvalue weighted by Crippen LogP contribution is 2.33. The molecular formula is C27H36N4O2. The molecule has 0 bridgehead atoms. The standard InChI is InChI=1S/C27H36N4O2/c1-8-13-31(25(28)32)22-11-9-18(10-12-22)14-23-29-24(33-30-23)19-15-20(26(2,3)4)17-21(16-19)27(5,6)7/h9-12,15-17H,8,13-14H2,1-7H3,(H2,28,32). The first kappa shape index (κ1) is 24.5. The lowest BCUT2D eigenvalue weighted by molar-refractivity contribution is 0.254.